The van der Waals surface area contributed by atoms with E-state index < -0.39 is 83.7 Å². The fourth-order valence-corrected chi connectivity index (χ4v) is 5.24. The summed E-state index contributed by atoms with van der Waals surface area (Å²) in [4.78, 5) is 97.5. The zero-order valence-corrected chi connectivity index (χ0v) is 31.1. The molecule has 53 heavy (non-hydrogen) atoms. The zero-order chi connectivity index (χ0) is 39.5. The minimum atomic E-state index is -1.20. The molecule has 1 saturated heterocycles. The minimum Gasteiger partial charge on any atom is -0.444 e. The van der Waals surface area contributed by atoms with Crippen LogP contribution in [-0.2, 0) is 46.3 Å². The van der Waals surface area contributed by atoms with Gasteiger partial charge in [0.15, 0.2) is 0 Å². The van der Waals surface area contributed by atoms with Crippen molar-refractivity contribution in [2.45, 2.75) is 110 Å². The van der Waals surface area contributed by atoms with E-state index in [9.17, 15) is 33.6 Å². The normalized spacial score (nSPS) is 16.0. The van der Waals surface area contributed by atoms with E-state index in [0.717, 1.165) is 0 Å². The number of aromatic nitrogens is 2. The van der Waals surface area contributed by atoms with Gasteiger partial charge in [0, 0.05) is 31.3 Å². The van der Waals surface area contributed by atoms with Gasteiger partial charge in [0.25, 0.3) is 0 Å². The lowest BCUT2D eigenvalue weighted by Crippen LogP contribution is -2.56. The maximum atomic E-state index is 13.4. The zero-order valence-electron chi connectivity index (χ0n) is 31.1. The molecule has 1 aromatic carbocycles. The van der Waals surface area contributed by atoms with Crippen LogP contribution < -0.4 is 31.7 Å². The first-order valence-corrected chi connectivity index (χ1v) is 17.1. The summed E-state index contributed by atoms with van der Waals surface area (Å²) in [7, 11) is 0. The van der Waals surface area contributed by atoms with Crippen molar-refractivity contribution in [2.24, 2.45) is 5.73 Å². The summed E-state index contributed by atoms with van der Waals surface area (Å²) < 4.78 is 15.7. The molecule has 0 saturated carbocycles. The van der Waals surface area contributed by atoms with Crippen molar-refractivity contribution >= 4 is 41.8 Å². The van der Waals surface area contributed by atoms with E-state index in [4.69, 9.17) is 19.9 Å². The largest absolute Gasteiger partial charge is 0.514 e. The Hall–Kier alpha value is -5.68. The lowest BCUT2D eigenvalue weighted by atomic mass is 10.0. The number of rotatable bonds is 14. The average molecular weight is 743 g/mol. The van der Waals surface area contributed by atoms with Crippen molar-refractivity contribution in [3.8, 4) is 5.75 Å². The van der Waals surface area contributed by atoms with Crippen LogP contribution in [0.5, 0.6) is 5.75 Å². The number of primary amides is 1. The number of aromatic amines is 1. The van der Waals surface area contributed by atoms with E-state index in [1.54, 1.807) is 53.7 Å². The molecule has 2 aromatic rings. The van der Waals surface area contributed by atoms with E-state index in [0.29, 0.717) is 30.6 Å². The first-order chi connectivity index (χ1) is 24.7. The molecule has 1 aliphatic heterocycles. The predicted molar refractivity (Wildman–Crippen MR) is 189 cm³/mol. The fourth-order valence-electron chi connectivity index (χ4n) is 5.24. The van der Waals surface area contributed by atoms with Crippen LogP contribution >= 0.6 is 0 Å². The Morgan fingerprint density at radius 1 is 0.906 bits per heavy atom. The minimum absolute atomic E-state index is 0.0338. The highest BCUT2D eigenvalue weighted by Crippen LogP contribution is 2.19. The fraction of sp³-hybridized carbons (Fsp3) is 0.543. The van der Waals surface area contributed by atoms with Crippen LogP contribution in [0.4, 0.5) is 9.59 Å². The maximum Gasteiger partial charge on any atom is 0.514 e. The number of likely N-dealkylation sites (tertiary alicyclic amines) is 1. The Bertz CT molecular complexity index is 1620. The number of H-pyrrole nitrogens is 1. The second-order valence-electron chi connectivity index (χ2n) is 14.6. The van der Waals surface area contributed by atoms with Crippen LogP contribution in [0.25, 0.3) is 0 Å². The molecule has 1 aliphatic rings. The second kappa shape index (κ2) is 18.2. The topological polar surface area (TPSA) is 253 Å². The number of benzene rings is 1. The highest BCUT2D eigenvalue weighted by Gasteiger charge is 2.37. The van der Waals surface area contributed by atoms with Crippen LogP contribution in [0.1, 0.15) is 72.6 Å². The van der Waals surface area contributed by atoms with Gasteiger partial charge < -0.3 is 51.1 Å². The molecule has 4 atom stereocenters. The molecule has 290 valence electrons. The lowest BCUT2D eigenvalue weighted by molar-refractivity contribution is -0.140. The quantitative estimate of drug-likeness (QED) is 0.118. The number of ether oxygens (including phenoxy) is 3. The van der Waals surface area contributed by atoms with Crippen molar-refractivity contribution in [3.63, 3.8) is 0 Å². The number of nitrogens with zero attached hydrogens (tertiary/aromatic N) is 2. The van der Waals surface area contributed by atoms with Crippen LogP contribution in [0.15, 0.2) is 36.8 Å². The summed E-state index contributed by atoms with van der Waals surface area (Å²) in [6.45, 7) is 11.2. The summed E-state index contributed by atoms with van der Waals surface area (Å²) >= 11 is 0. The summed E-state index contributed by atoms with van der Waals surface area (Å²) in [5, 5.41) is 10.1. The van der Waals surface area contributed by atoms with Gasteiger partial charge in [0.05, 0.1) is 12.9 Å². The molecule has 18 heteroatoms. The number of hydrogen-bond donors (Lipinski definition) is 6. The molecule has 0 radical (unpaired) electrons. The number of nitrogens with two attached hydrogens (primary N) is 1. The van der Waals surface area contributed by atoms with Gasteiger partial charge in [-0.3, -0.25) is 24.0 Å². The number of alkyl carbamates (subject to hydrolysis) is 1. The highest BCUT2D eigenvalue weighted by molar-refractivity contribution is 5.95. The average Bonchev–Trinajstić information content (AvgIpc) is 3.74. The van der Waals surface area contributed by atoms with E-state index in [-0.39, 0.29) is 18.6 Å². The van der Waals surface area contributed by atoms with Gasteiger partial charge in [-0.05, 0) is 79.0 Å². The first-order valence-electron chi connectivity index (χ1n) is 17.1. The predicted octanol–water partition coefficient (Wildman–Crippen LogP) is 0.984. The Morgan fingerprint density at radius 3 is 2.15 bits per heavy atom. The molecule has 2 heterocycles. The number of amides is 6. The van der Waals surface area contributed by atoms with E-state index in [2.05, 4.69) is 31.2 Å². The number of nitrogens with one attached hydrogen (secondary N) is 5. The molecule has 18 nitrogen and oxygen atoms in total. The van der Waals surface area contributed by atoms with Crippen molar-refractivity contribution in [1.82, 2.24) is 36.1 Å². The van der Waals surface area contributed by atoms with E-state index in [1.165, 1.54) is 36.5 Å². The van der Waals surface area contributed by atoms with Gasteiger partial charge in [-0.15, -0.1) is 0 Å². The monoisotopic (exact) mass is 742 g/mol. The number of imidazole rings is 1. The van der Waals surface area contributed by atoms with Gasteiger partial charge in [-0.1, -0.05) is 12.1 Å². The van der Waals surface area contributed by atoms with E-state index in [1.807, 2.05) is 0 Å². The van der Waals surface area contributed by atoms with Crippen molar-refractivity contribution in [2.75, 3.05) is 13.1 Å². The van der Waals surface area contributed by atoms with Crippen LogP contribution in [0.3, 0.4) is 0 Å². The molecular weight excluding hydrogens is 692 g/mol. The van der Waals surface area contributed by atoms with E-state index >= 15 is 0 Å². The molecule has 7 N–H and O–H groups in total. The summed E-state index contributed by atoms with van der Waals surface area (Å²) in [5.74, 6) is -3.10. The molecule has 0 unspecified atom stereocenters. The first kappa shape index (κ1) is 41.7. The number of carbonyl (C=O) groups excluding carboxylic acids is 7. The van der Waals surface area contributed by atoms with Gasteiger partial charge in [0.1, 0.15) is 41.1 Å². The number of carbonyl (C=O) groups is 7. The molecular formula is C35H50N8O10. The SMILES string of the molecule is C[C@H](NC(=O)[C@@H](Cc1ccc(OC(=O)OC(C)(C)C)cc1)NC(=O)OC(C)(C)C)C(=O)NCC(=O)N[C@@H](Cc1cnc[nH]1)C(=O)N1CCC[C@@H]1C(N)=O. The molecule has 6 amide bonds. The summed E-state index contributed by atoms with van der Waals surface area (Å²) in [6, 6.07) is 1.93. The van der Waals surface area contributed by atoms with Crippen molar-refractivity contribution in [1.29, 1.82) is 0 Å². The lowest BCUT2D eigenvalue weighted by Gasteiger charge is -2.27. The highest BCUT2D eigenvalue weighted by atomic mass is 16.7. The number of hydrogen-bond acceptors (Lipinski definition) is 11. The smallest absolute Gasteiger partial charge is 0.444 e. The Labute approximate surface area is 307 Å². The van der Waals surface area contributed by atoms with Gasteiger partial charge >= 0.3 is 12.2 Å². The molecule has 0 bridgehead atoms. The molecule has 0 spiro atoms. The third-order valence-corrected chi connectivity index (χ3v) is 7.61. The van der Waals surface area contributed by atoms with Gasteiger partial charge in [0.2, 0.25) is 29.5 Å². The Kier molecular flexibility index (Phi) is 14.3. The van der Waals surface area contributed by atoms with Crippen LogP contribution in [-0.4, -0.2) is 105 Å². The van der Waals surface area contributed by atoms with Crippen LogP contribution in [0.2, 0.25) is 0 Å². The Balaban J connectivity index is 1.63. The summed E-state index contributed by atoms with van der Waals surface area (Å²) in [6.07, 6.45) is 2.16. The van der Waals surface area contributed by atoms with Crippen molar-refractivity contribution < 1.29 is 47.8 Å². The Morgan fingerprint density at radius 2 is 1.57 bits per heavy atom. The summed E-state index contributed by atoms with van der Waals surface area (Å²) in [5.41, 5.74) is 5.00. The van der Waals surface area contributed by atoms with Crippen LogP contribution in [0, 0.1) is 0 Å². The standard InChI is InChI=1S/C35H50N8O10/c1-20(29(46)38-18-27(44)41-25(16-22-17-37-19-39-22)31(48)43-14-8-9-26(43)28(36)45)40-30(47)24(42-32(49)52-34(2,3)4)15-21-10-12-23(13-11-21)51-33(50)53-35(5,6)7/h10-13,17,19-20,24-26H,8-9,14-16,18H2,1-7H3,(H2,36,45)(H,37,39)(H,38,46)(H,40,47)(H,41,44)(H,42,49)/t20-,24+,25-,26+/m0/s1. The van der Waals surface area contributed by atoms with Gasteiger partial charge in [-0.2, -0.15) is 0 Å². The third-order valence-electron chi connectivity index (χ3n) is 7.61. The second-order valence-corrected chi connectivity index (χ2v) is 14.6. The van der Waals surface area contributed by atoms with Crippen molar-refractivity contribution in [3.05, 3.63) is 48.0 Å². The molecule has 3 rings (SSSR count). The third kappa shape index (κ3) is 14.1. The molecule has 1 aromatic heterocycles. The maximum absolute atomic E-state index is 13.4. The molecule has 0 aliphatic carbocycles. The molecule has 1 fully saturated rings. The van der Waals surface area contributed by atoms with Gasteiger partial charge in [-0.25, -0.2) is 14.6 Å².